The summed E-state index contributed by atoms with van der Waals surface area (Å²) in [7, 11) is 0. The standard InChI is InChI=1S/C19H15F3N6O2/c20-19(21,22)10-28-14-3-1-2-13(23)12(14)8-15(28)17-26-16(30-27-17)9-25-18(29)11-4-6-24-7-5-11/h1-8H,9-10,23H2,(H,25,29). The van der Waals surface area contributed by atoms with Gasteiger partial charge in [-0.05, 0) is 30.3 Å². The Morgan fingerprint density at radius 2 is 1.97 bits per heavy atom. The zero-order valence-electron chi connectivity index (χ0n) is 15.3. The number of nitrogens with one attached hydrogen (secondary N) is 1. The number of pyridine rings is 1. The summed E-state index contributed by atoms with van der Waals surface area (Å²) in [5.74, 6) is -0.372. The van der Waals surface area contributed by atoms with Crippen molar-refractivity contribution in [1.29, 1.82) is 0 Å². The van der Waals surface area contributed by atoms with E-state index in [-0.39, 0.29) is 29.9 Å². The molecule has 4 rings (SSSR count). The molecule has 0 radical (unpaired) electrons. The quantitative estimate of drug-likeness (QED) is 0.484. The van der Waals surface area contributed by atoms with Crippen LogP contribution >= 0.6 is 0 Å². The number of nitrogen functional groups attached to an aromatic ring is 1. The van der Waals surface area contributed by atoms with Gasteiger partial charge in [-0.1, -0.05) is 11.2 Å². The molecule has 8 nitrogen and oxygen atoms in total. The van der Waals surface area contributed by atoms with E-state index in [1.807, 2.05) is 0 Å². The third-order valence-corrected chi connectivity index (χ3v) is 4.36. The number of aromatic nitrogens is 4. The van der Waals surface area contributed by atoms with Gasteiger partial charge in [0.05, 0.1) is 17.8 Å². The Labute approximate surface area is 167 Å². The summed E-state index contributed by atoms with van der Waals surface area (Å²) in [4.78, 5) is 20.0. The van der Waals surface area contributed by atoms with Crippen molar-refractivity contribution < 1.29 is 22.5 Å². The highest BCUT2D eigenvalue weighted by Gasteiger charge is 2.31. The summed E-state index contributed by atoms with van der Waals surface area (Å²) in [5.41, 5.74) is 7.05. The van der Waals surface area contributed by atoms with Crippen molar-refractivity contribution in [3.63, 3.8) is 0 Å². The first kappa shape index (κ1) is 19.4. The molecule has 0 fully saturated rings. The number of rotatable bonds is 5. The van der Waals surface area contributed by atoms with Crippen molar-refractivity contribution in [3.05, 3.63) is 60.2 Å². The average Bonchev–Trinajstić information content (AvgIpc) is 3.31. The summed E-state index contributed by atoms with van der Waals surface area (Å²) in [6.07, 6.45) is -1.51. The summed E-state index contributed by atoms with van der Waals surface area (Å²) >= 11 is 0. The molecule has 0 atom stereocenters. The van der Waals surface area contributed by atoms with E-state index in [1.54, 1.807) is 12.1 Å². The number of carbonyl (C=O) groups is 1. The van der Waals surface area contributed by atoms with Crippen LogP contribution in [0.15, 0.2) is 53.3 Å². The minimum atomic E-state index is -4.46. The van der Waals surface area contributed by atoms with E-state index in [1.165, 1.54) is 36.7 Å². The van der Waals surface area contributed by atoms with E-state index in [0.717, 1.165) is 4.57 Å². The zero-order chi connectivity index (χ0) is 21.3. The molecule has 0 unspecified atom stereocenters. The number of alkyl halides is 3. The van der Waals surface area contributed by atoms with E-state index in [9.17, 15) is 18.0 Å². The fourth-order valence-corrected chi connectivity index (χ4v) is 3.03. The van der Waals surface area contributed by atoms with Crippen LogP contribution in [0.4, 0.5) is 18.9 Å². The summed E-state index contributed by atoms with van der Waals surface area (Å²) in [6.45, 7) is -1.33. The van der Waals surface area contributed by atoms with E-state index < -0.39 is 12.7 Å². The molecule has 0 aliphatic rings. The number of hydrogen-bond acceptors (Lipinski definition) is 6. The maximum Gasteiger partial charge on any atom is 0.406 e. The molecular formula is C19H15F3N6O2. The predicted molar refractivity (Wildman–Crippen MR) is 101 cm³/mol. The summed E-state index contributed by atoms with van der Waals surface area (Å²) in [6, 6.07) is 9.27. The molecule has 1 amide bonds. The number of anilines is 1. The lowest BCUT2D eigenvalue weighted by molar-refractivity contribution is -0.139. The SMILES string of the molecule is Nc1cccc2c1cc(-c1noc(CNC(=O)c3ccncc3)n1)n2CC(F)(F)F. The average molecular weight is 416 g/mol. The molecule has 154 valence electrons. The smallest absolute Gasteiger partial charge is 0.398 e. The lowest BCUT2D eigenvalue weighted by Gasteiger charge is -2.11. The summed E-state index contributed by atoms with van der Waals surface area (Å²) in [5, 5.41) is 6.83. The number of amides is 1. The minimum Gasteiger partial charge on any atom is -0.398 e. The molecule has 0 saturated heterocycles. The lowest BCUT2D eigenvalue weighted by atomic mass is 10.2. The van der Waals surface area contributed by atoms with Crippen LogP contribution in [0.5, 0.6) is 0 Å². The first-order valence-electron chi connectivity index (χ1n) is 8.77. The lowest BCUT2D eigenvalue weighted by Crippen LogP contribution is -2.22. The van der Waals surface area contributed by atoms with E-state index >= 15 is 0 Å². The van der Waals surface area contributed by atoms with E-state index in [4.69, 9.17) is 10.3 Å². The van der Waals surface area contributed by atoms with Crippen molar-refractivity contribution in [2.45, 2.75) is 19.3 Å². The molecule has 30 heavy (non-hydrogen) atoms. The third kappa shape index (κ3) is 3.95. The Morgan fingerprint density at radius 1 is 1.20 bits per heavy atom. The van der Waals surface area contributed by atoms with Gasteiger partial charge in [0.1, 0.15) is 6.54 Å². The molecule has 4 aromatic rings. The van der Waals surface area contributed by atoms with Gasteiger partial charge in [0.25, 0.3) is 5.91 Å². The number of nitrogens with two attached hydrogens (primary N) is 1. The number of benzene rings is 1. The van der Waals surface area contributed by atoms with Crippen LogP contribution in [0.25, 0.3) is 22.4 Å². The molecule has 3 aromatic heterocycles. The highest BCUT2D eigenvalue weighted by Crippen LogP contribution is 2.32. The number of nitrogens with zero attached hydrogens (tertiary/aromatic N) is 4. The Kier molecular flexibility index (Phi) is 4.86. The van der Waals surface area contributed by atoms with Crippen molar-refractivity contribution in [2.24, 2.45) is 0 Å². The van der Waals surface area contributed by atoms with Gasteiger partial charge in [-0.2, -0.15) is 18.2 Å². The fraction of sp³-hybridized carbons (Fsp3) is 0.158. The van der Waals surface area contributed by atoms with Gasteiger partial charge in [0.15, 0.2) is 0 Å². The monoisotopic (exact) mass is 416 g/mol. The van der Waals surface area contributed by atoms with Crippen LogP contribution in [0.3, 0.4) is 0 Å². The predicted octanol–water partition coefficient (Wildman–Crippen LogP) is 3.16. The number of halogens is 3. The van der Waals surface area contributed by atoms with Gasteiger partial charge in [0.2, 0.25) is 11.7 Å². The van der Waals surface area contributed by atoms with Crippen LogP contribution < -0.4 is 11.1 Å². The van der Waals surface area contributed by atoms with Crippen LogP contribution in [0.1, 0.15) is 16.2 Å². The highest BCUT2D eigenvalue weighted by atomic mass is 19.4. The van der Waals surface area contributed by atoms with Gasteiger partial charge >= 0.3 is 6.18 Å². The second-order valence-electron chi connectivity index (χ2n) is 6.44. The normalized spacial score (nSPS) is 11.7. The number of hydrogen-bond donors (Lipinski definition) is 2. The van der Waals surface area contributed by atoms with Crippen molar-refractivity contribution in [2.75, 3.05) is 5.73 Å². The van der Waals surface area contributed by atoms with E-state index in [0.29, 0.717) is 22.2 Å². The van der Waals surface area contributed by atoms with Crippen molar-refractivity contribution >= 4 is 22.5 Å². The van der Waals surface area contributed by atoms with Gasteiger partial charge in [0, 0.05) is 29.0 Å². The highest BCUT2D eigenvalue weighted by molar-refractivity contribution is 5.95. The topological polar surface area (TPSA) is 112 Å². The Balaban J connectivity index is 1.62. The van der Waals surface area contributed by atoms with Crippen molar-refractivity contribution in [3.8, 4) is 11.5 Å². The molecule has 3 heterocycles. The second-order valence-corrected chi connectivity index (χ2v) is 6.44. The zero-order valence-corrected chi connectivity index (χ0v) is 15.3. The first-order chi connectivity index (χ1) is 14.3. The molecule has 0 aliphatic heterocycles. The molecular weight excluding hydrogens is 401 g/mol. The largest absolute Gasteiger partial charge is 0.406 e. The molecule has 0 bridgehead atoms. The first-order valence-corrected chi connectivity index (χ1v) is 8.77. The van der Waals surface area contributed by atoms with Gasteiger partial charge in [-0.15, -0.1) is 0 Å². The summed E-state index contributed by atoms with van der Waals surface area (Å²) < 4.78 is 45.6. The third-order valence-electron chi connectivity index (χ3n) is 4.36. The van der Waals surface area contributed by atoms with Crippen LogP contribution in [-0.4, -0.2) is 31.8 Å². The second kappa shape index (κ2) is 7.50. The molecule has 11 heteroatoms. The Morgan fingerprint density at radius 3 is 2.70 bits per heavy atom. The van der Waals surface area contributed by atoms with Gasteiger partial charge < -0.3 is 20.1 Å². The minimum absolute atomic E-state index is 0.0389. The maximum absolute atomic E-state index is 13.2. The van der Waals surface area contributed by atoms with Crippen LogP contribution in [0, 0.1) is 0 Å². The molecule has 0 saturated carbocycles. The van der Waals surface area contributed by atoms with Gasteiger partial charge in [-0.25, -0.2) is 0 Å². The fourth-order valence-electron chi connectivity index (χ4n) is 3.03. The molecule has 3 N–H and O–H groups in total. The van der Waals surface area contributed by atoms with Gasteiger partial charge in [-0.3, -0.25) is 9.78 Å². The van der Waals surface area contributed by atoms with Crippen molar-refractivity contribution in [1.82, 2.24) is 25.0 Å². The number of fused-ring (bicyclic) bond motifs is 1. The molecule has 0 aliphatic carbocycles. The Hall–Kier alpha value is -3.89. The van der Waals surface area contributed by atoms with E-state index in [2.05, 4.69) is 20.4 Å². The molecule has 1 aromatic carbocycles. The molecule has 0 spiro atoms. The van der Waals surface area contributed by atoms with Crippen LogP contribution in [-0.2, 0) is 13.1 Å². The maximum atomic E-state index is 13.2. The number of carbonyl (C=O) groups excluding carboxylic acids is 1. The Bertz CT molecular complexity index is 1200. The van der Waals surface area contributed by atoms with Crippen LogP contribution in [0.2, 0.25) is 0 Å².